The van der Waals surface area contributed by atoms with Gasteiger partial charge in [0.25, 0.3) is 0 Å². The molecule has 30 heavy (non-hydrogen) atoms. The van der Waals surface area contributed by atoms with E-state index in [1.807, 2.05) is 5.57 Å². The quantitative estimate of drug-likeness (QED) is 0.380. The smallest absolute Gasteiger partial charge is 0.00566 e. The molecule has 5 aliphatic rings. The Morgan fingerprint density at radius 1 is 0.833 bits per heavy atom. The van der Waals surface area contributed by atoms with Crippen LogP contribution in [-0.4, -0.2) is 0 Å². The lowest BCUT2D eigenvalue weighted by atomic mass is 9.36. The summed E-state index contributed by atoms with van der Waals surface area (Å²) in [7, 11) is 0. The fourth-order valence-corrected chi connectivity index (χ4v) is 11.0. The minimum Gasteiger partial charge on any atom is -0.0998 e. The topological polar surface area (TPSA) is 0 Å². The molecular weight excluding hydrogens is 360 g/mol. The van der Waals surface area contributed by atoms with Crippen LogP contribution in [0.1, 0.15) is 113 Å². The summed E-state index contributed by atoms with van der Waals surface area (Å²) in [6.07, 6.45) is 17.1. The summed E-state index contributed by atoms with van der Waals surface area (Å²) in [6, 6.07) is 0. The van der Waals surface area contributed by atoms with Crippen LogP contribution < -0.4 is 0 Å². The lowest BCUT2D eigenvalue weighted by Gasteiger charge is -2.69. The van der Waals surface area contributed by atoms with Gasteiger partial charge in [0.15, 0.2) is 0 Å². The molecule has 0 radical (unpaired) electrons. The van der Waals surface area contributed by atoms with Crippen molar-refractivity contribution in [3.8, 4) is 0 Å². The van der Waals surface area contributed by atoms with Gasteiger partial charge in [-0.3, -0.25) is 0 Å². The first kappa shape index (κ1) is 21.3. The fourth-order valence-electron chi connectivity index (χ4n) is 11.0. The number of hydrogen-bond donors (Lipinski definition) is 0. The van der Waals surface area contributed by atoms with Gasteiger partial charge in [-0.25, -0.2) is 0 Å². The van der Waals surface area contributed by atoms with Crippen molar-refractivity contribution in [3.05, 3.63) is 23.8 Å². The molecule has 0 aromatic carbocycles. The maximum Gasteiger partial charge on any atom is -0.00566 e. The zero-order valence-electron chi connectivity index (χ0n) is 21.2. The number of allylic oxidation sites excluding steroid dienone is 3. The van der Waals surface area contributed by atoms with Gasteiger partial charge in [-0.1, -0.05) is 71.8 Å². The van der Waals surface area contributed by atoms with Crippen molar-refractivity contribution in [2.24, 2.45) is 50.7 Å². The molecule has 0 heteroatoms. The lowest BCUT2D eigenvalue weighted by molar-refractivity contribution is -0.139. The van der Waals surface area contributed by atoms with E-state index in [1.165, 1.54) is 69.8 Å². The fraction of sp³-hybridized carbons (Fsp3) is 0.867. The van der Waals surface area contributed by atoms with E-state index in [-0.39, 0.29) is 0 Å². The molecule has 0 spiro atoms. The van der Waals surface area contributed by atoms with Gasteiger partial charge in [0.05, 0.1) is 0 Å². The Balaban J connectivity index is 1.56. The Kier molecular flexibility index (Phi) is 4.47. The van der Waals surface area contributed by atoms with Crippen LogP contribution in [0.15, 0.2) is 23.8 Å². The lowest BCUT2D eigenvalue weighted by Crippen LogP contribution is -2.60. The van der Waals surface area contributed by atoms with Crippen LogP contribution in [0.4, 0.5) is 0 Å². The molecule has 0 amide bonds. The van der Waals surface area contributed by atoms with Crippen LogP contribution in [-0.2, 0) is 0 Å². The van der Waals surface area contributed by atoms with Gasteiger partial charge in [0.1, 0.15) is 0 Å². The SMILES string of the molecule is C=C(C)C1CCC2C1(C)CCC1(C)C3=CCC4C(C)(C)CCCC4(C)C3CCC21C. The van der Waals surface area contributed by atoms with Crippen LogP contribution in [0.3, 0.4) is 0 Å². The predicted octanol–water partition coefficient (Wildman–Crippen LogP) is 8.97. The Hall–Kier alpha value is -0.520. The van der Waals surface area contributed by atoms with Crippen molar-refractivity contribution < 1.29 is 0 Å². The molecular formula is C30H48. The molecule has 5 rings (SSSR count). The van der Waals surface area contributed by atoms with E-state index in [9.17, 15) is 0 Å². The molecule has 0 bridgehead atoms. The van der Waals surface area contributed by atoms with Crippen molar-refractivity contribution in [1.29, 1.82) is 0 Å². The van der Waals surface area contributed by atoms with Crippen LogP contribution in [0.2, 0.25) is 0 Å². The van der Waals surface area contributed by atoms with Gasteiger partial charge in [-0.2, -0.15) is 0 Å². The first-order chi connectivity index (χ1) is 13.9. The van der Waals surface area contributed by atoms with Crippen molar-refractivity contribution >= 4 is 0 Å². The van der Waals surface area contributed by atoms with Crippen LogP contribution >= 0.6 is 0 Å². The molecule has 0 aromatic heterocycles. The van der Waals surface area contributed by atoms with Crippen molar-refractivity contribution in [3.63, 3.8) is 0 Å². The molecule has 8 atom stereocenters. The number of hydrogen-bond acceptors (Lipinski definition) is 0. The Morgan fingerprint density at radius 2 is 1.57 bits per heavy atom. The first-order valence-electron chi connectivity index (χ1n) is 13.3. The van der Waals surface area contributed by atoms with Gasteiger partial charge in [0.2, 0.25) is 0 Å². The molecule has 4 saturated carbocycles. The third-order valence-corrected chi connectivity index (χ3v) is 12.7. The van der Waals surface area contributed by atoms with Gasteiger partial charge >= 0.3 is 0 Å². The second kappa shape index (κ2) is 6.29. The van der Waals surface area contributed by atoms with Crippen molar-refractivity contribution in [2.45, 2.75) is 113 Å². The minimum atomic E-state index is 0.416. The van der Waals surface area contributed by atoms with E-state index in [4.69, 9.17) is 0 Å². The second-order valence-corrected chi connectivity index (χ2v) is 14.2. The molecule has 0 N–H and O–H groups in total. The highest BCUT2D eigenvalue weighted by Crippen LogP contribution is 2.76. The van der Waals surface area contributed by atoms with Crippen molar-refractivity contribution in [2.75, 3.05) is 0 Å². The zero-order valence-corrected chi connectivity index (χ0v) is 21.2. The first-order valence-corrected chi connectivity index (χ1v) is 13.3. The van der Waals surface area contributed by atoms with E-state index < -0.39 is 0 Å². The molecule has 0 aliphatic heterocycles. The van der Waals surface area contributed by atoms with Crippen molar-refractivity contribution in [1.82, 2.24) is 0 Å². The third-order valence-electron chi connectivity index (χ3n) is 12.7. The summed E-state index contributed by atoms with van der Waals surface area (Å²) in [5.41, 5.74) is 5.81. The Morgan fingerprint density at radius 3 is 2.27 bits per heavy atom. The van der Waals surface area contributed by atoms with E-state index in [2.05, 4.69) is 61.1 Å². The molecule has 0 aromatic rings. The largest absolute Gasteiger partial charge is 0.0998 e. The number of rotatable bonds is 1. The van der Waals surface area contributed by atoms with Gasteiger partial charge in [-0.15, -0.1) is 0 Å². The summed E-state index contributed by atoms with van der Waals surface area (Å²) in [5.74, 6) is 3.36. The van der Waals surface area contributed by atoms with Crippen LogP contribution in [0.5, 0.6) is 0 Å². The monoisotopic (exact) mass is 408 g/mol. The van der Waals surface area contributed by atoms with Gasteiger partial charge in [-0.05, 0) is 115 Å². The second-order valence-electron chi connectivity index (χ2n) is 14.2. The summed E-state index contributed by atoms with van der Waals surface area (Å²) in [6.45, 7) is 22.7. The molecule has 8 unspecified atom stereocenters. The Bertz CT molecular complexity index is 784. The van der Waals surface area contributed by atoms with E-state index in [0.717, 1.165) is 23.7 Å². The Labute approximate surface area is 187 Å². The average Bonchev–Trinajstić information content (AvgIpc) is 3.01. The zero-order chi connectivity index (χ0) is 21.7. The maximum absolute atomic E-state index is 4.44. The molecule has 0 nitrogen and oxygen atoms in total. The summed E-state index contributed by atoms with van der Waals surface area (Å²) in [5, 5.41) is 0. The summed E-state index contributed by atoms with van der Waals surface area (Å²) >= 11 is 0. The normalized spacial score (nSPS) is 54.3. The molecule has 0 heterocycles. The van der Waals surface area contributed by atoms with Gasteiger partial charge in [0, 0.05) is 0 Å². The average molecular weight is 409 g/mol. The van der Waals surface area contributed by atoms with Crippen LogP contribution in [0, 0.1) is 50.7 Å². The van der Waals surface area contributed by atoms with E-state index >= 15 is 0 Å². The highest BCUT2D eigenvalue weighted by Gasteiger charge is 2.67. The summed E-state index contributed by atoms with van der Waals surface area (Å²) in [4.78, 5) is 0. The number of fused-ring (bicyclic) bond motifs is 7. The molecule has 0 saturated heterocycles. The predicted molar refractivity (Wildman–Crippen MR) is 129 cm³/mol. The summed E-state index contributed by atoms with van der Waals surface area (Å²) < 4.78 is 0. The highest BCUT2D eigenvalue weighted by atomic mass is 14.7. The van der Waals surface area contributed by atoms with Gasteiger partial charge < -0.3 is 0 Å². The molecule has 5 aliphatic carbocycles. The van der Waals surface area contributed by atoms with E-state index in [0.29, 0.717) is 27.1 Å². The minimum absolute atomic E-state index is 0.416. The molecule has 168 valence electrons. The van der Waals surface area contributed by atoms with E-state index in [1.54, 1.807) is 0 Å². The third kappa shape index (κ3) is 2.41. The maximum atomic E-state index is 4.44. The highest BCUT2D eigenvalue weighted by molar-refractivity contribution is 5.34. The van der Waals surface area contributed by atoms with Crippen LogP contribution in [0.25, 0.3) is 0 Å². The standard InChI is InChI=1S/C30H48/c1-20(2)21-10-13-25-28(21,6)18-19-29(7)23-11-12-24-26(3,4)15-9-16-27(24,5)22(23)14-17-30(25,29)8/h11,21-22,24-25H,1,9-10,12-19H2,2-8H3. The molecule has 4 fully saturated rings.